The number of carboxylic acids is 1. The maximum absolute atomic E-state index is 10.4. The van der Waals surface area contributed by atoms with E-state index < -0.39 is 5.97 Å². The maximum Gasteiger partial charge on any atom is 1.00 e. The number of nitrogens with zero attached hydrogens (tertiary/aromatic N) is 1. The first-order valence-electron chi connectivity index (χ1n) is 8.27. The zero-order valence-electron chi connectivity index (χ0n) is 15.0. The number of aliphatic carboxylic acids is 1. The largest absolute Gasteiger partial charge is 1.00 e. The van der Waals surface area contributed by atoms with Crippen molar-refractivity contribution in [3.63, 3.8) is 0 Å². The molecule has 6 heteroatoms. The zero-order chi connectivity index (χ0) is 18.4. The van der Waals surface area contributed by atoms with E-state index >= 15 is 0 Å². The Kier molecular flexibility index (Phi) is 8.51. The van der Waals surface area contributed by atoms with Gasteiger partial charge in [0.25, 0.3) is 0 Å². The third-order valence-electron chi connectivity index (χ3n) is 3.77. The predicted molar refractivity (Wildman–Crippen MR) is 105 cm³/mol. The number of fused-ring (bicyclic) bond motifs is 1. The summed E-state index contributed by atoms with van der Waals surface area (Å²) in [5.74, 6) is -0.346. The summed E-state index contributed by atoms with van der Waals surface area (Å²) in [6.07, 6.45) is 4.36. The van der Waals surface area contributed by atoms with Crippen LogP contribution in [0.2, 0.25) is 0 Å². The van der Waals surface area contributed by atoms with E-state index in [-0.39, 0.29) is 36.0 Å². The summed E-state index contributed by atoms with van der Waals surface area (Å²) in [6, 6.07) is 17.7. The SMILES string of the molecule is O=C([O-])CCCOc1cccc(C=Cc2ccc3ccc(Br)cc3n2)c1.[Na+]. The molecule has 2 aromatic carbocycles. The zero-order valence-corrected chi connectivity index (χ0v) is 18.6. The number of carboxylic acid groups (broad SMARTS) is 1. The number of hydrogen-bond acceptors (Lipinski definition) is 4. The van der Waals surface area contributed by atoms with E-state index in [1.807, 2.05) is 66.7 Å². The normalized spacial score (nSPS) is 10.7. The molecule has 1 heterocycles. The molecule has 0 saturated carbocycles. The van der Waals surface area contributed by atoms with Gasteiger partial charge < -0.3 is 14.6 Å². The van der Waals surface area contributed by atoms with Gasteiger partial charge in [0, 0.05) is 15.8 Å². The van der Waals surface area contributed by atoms with Gasteiger partial charge in [0.2, 0.25) is 0 Å². The number of carbonyl (C=O) groups is 1. The predicted octanol–water partition coefficient (Wildman–Crippen LogP) is 1.08. The maximum atomic E-state index is 10.4. The van der Waals surface area contributed by atoms with Crippen LogP contribution in [0.5, 0.6) is 5.75 Å². The molecular weight excluding hydrogens is 417 g/mol. The van der Waals surface area contributed by atoms with Gasteiger partial charge in [0.15, 0.2) is 0 Å². The van der Waals surface area contributed by atoms with E-state index in [9.17, 15) is 9.90 Å². The molecule has 0 aliphatic rings. The van der Waals surface area contributed by atoms with Crippen molar-refractivity contribution in [3.8, 4) is 5.75 Å². The van der Waals surface area contributed by atoms with Gasteiger partial charge in [-0.15, -0.1) is 0 Å². The van der Waals surface area contributed by atoms with Gasteiger partial charge in [-0.2, -0.15) is 0 Å². The summed E-state index contributed by atoms with van der Waals surface area (Å²) in [4.78, 5) is 15.0. The van der Waals surface area contributed by atoms with Crippen LogP contribution in [-0.4, -0.2) is 17.6 Å². The number of benzene rings is 2. The Bertz CT molecular complexity index is 959. The Labute approximate surface area is 188 Å². The average Bonchev–Trinajstić information content (AvgIpc) is 2.63. The fourth-order valence-corrected chi connectivity index (χ4v) is 2.84. The van der Waals surface area contributed by atoms with E-state index in [0.29, 0.717) is 18.8 Å². The molecule has 3 aromatic rings. The van der Waals surface area contributed by atoms with Crippen molar-refractivity contribution in [2.45, 2.75) is 12.8 Å². The minimum atomic E-state index is -1.06. The molecule has 4 nitrogen and oxygen atoms in total. The molecule has 0 N–H and O–H groups in total. The summed E-state index contributed by atoms with van der Waals surface area (Å²) >= 11 is 3.47. The van der Waals surface area contributed by atoms with Crippen LogP contribution >= 0.6 is 15.9 Å². The molecule has 0 amide bonds. The van der Waals surface area contributed by atoms with Crippen molar-refractivity contribution < 1.29 is 44.2 Å². The van der Waals surface area contributed by atoms with Crippen LogP contribution in [0.15, 0.2) is 59.1 Å². The molecular formula is C21H17BrNNaO3. The van der Waals surface area contributed by atoms with Gasteiger partial charge in [0.05, 0.1) is 17.8 Å². The first-order chi connectivity index (χ1) is 12.6. The van der Waals surface area contributed by atoms with Crippen LogP contribution in [-0.2, 0) is 4.79 Å². The fraction of sp³-hybridized carbons (Fsp3) is 0.143. The van der Waals surface area contributed by atoms with E-state index in [4.69, 9.17) is 4.74 Å². The molecule has 27 heavy (non-hydrogen) atoms. The van der Waals surface area contributed by atoms with Crippen LogP contribution in [0, 0.1) is 0 Å². The van der Waals surface area contributed by atoms with Gasteiger partial charge >= 0.3 is 29.6 Å². The summed E-state index contributed by atoms with van der Waals surface area (Å²) in [5, 5.41) is 11.5. The topological polar surface area (TPSA) is 62.2 Å². The molecule has 0 saturated heterocycles. The second-order valence-corrected chi connectivity index (χ2v) is 6.72. The first-order valence-corrected chi connectivity index (χ1v) is 9.06. The molecule has 3 rings (SSSR count). The third kappa shape index (κ3) is 6.78. The van der Waals surface area contributed by atoms with Crippen LogP contribution in [0.3, 0.4) is 0 Å². The van der Waals surface area contributed by atoms with Crippen molar-refractivity contribution in [1.29, 1.82) is 0 Å². The Morgan fingerprint density at radius 3 is 2.74 bits per heavy atom. The molecule has 0 aliphatic carbocycles. The van der Waals surface area contributed by atoms with E-state index in [0.717, 1.165) is 26.6 Å². The standard InChI is InChI=1S/C21H18BrNO3.Na/c22-17-9-7-16-8-11-18(23-20(16)14-17)10-6-15-3-1-4-19(13-15)26-12-2-5-21(24)25;/h1,3-4,6-11,13-14H,2,5,12H2,(H,24,25);/q;+1/p-1. The number of ether oxygens (including phenoxy) is 1. The molecule has 0 radical (unpaired) electrons. The third-order valence-corrected chi connectivity index (χ3v) is 4.27. The van der Waals surface area contributed by atoms with Crippen molar-refractivity contribution in [2.24, 2.45) is 0 Å². The van der Waals surface area contributed by atoms with Crippen molar-refractivity contribution >= 4 is 45.0 Å². The number of halogens is 1. The Balaban J connectivity index is 0.00000261. The number of hydrogen-bond donors (Lipinski definition) is 0. The van der Waals surface area contributed by atoms with Crippen LogP contribution in [0.25, 0.3) is 23.1 Å². The molecule has 1 aromatic heterocycles. The van der Waals surface area contributed by atoms with E-state index in [1.54, 1.807) is 0 Å². The minimum Gasteiger partial charge on any atom is -0.550 e. The van der Waals surface area contributed by atoms with Crippen molar-refractivity contribution in [3.05, 3.63) is 70.3 Å². The minimum absolute atomic E-state index is 0. The van der Waals surface area contributed by atoms with Gasteiger partial charge in [-0.05, 0) is 54.8 Å². The van der Waals surface area contributed by atoms with Crippen molar-refractivity contribution in [2.75, 3.05) is 6.61 Å². The summed E-state index contributed by atoms with van der Waals surface area (Å²) in [5.41, 5.74) is 2.79. The molecule has 0 fully saturated rings. The van der Waals surface area contributed by atoms with Gasteiger partial charge in [0.1, 0.15) is 5.75 Å². The second kappa shape index (κ2) is 10.6. The molecule has 0 bridgehead atoms. The van der Waals surface area contributed by atoms with Crippen molar-refractivity contribution in [1.82, 2.24) is 4.98 Å². The monoisotopic (exact) mass is 433 g/mol. The number of rotatable bonds is 7. The summed E-state index contributed by atoms with van der Waals surface area (Å²) in [7, 11) is 0. The van der Waals surface area contributed by atoms with Gasteiger partial charge in [-0.1, -0.05) is 46.3 Å². The van der Waals surface area contributed by atoms with Crippen LogP contribution < -0.4 is 39.4 Å². The first kappa shape index (κ1) is 21.6. The molecule has 0 spiro atoms. The van der Waals surface area contributed by atoms with Gasteiger partial charge in [-0.25, -0.2) is 4.98 Å². The Hall–Kier alpha value is -1.66. The molecule has 132 valence electrons. The molecule has 0 aliphatic heterocycles. The second-order valence-electron chi connectivity index (χ2n) is 5.80. The molecule has 0 atom stereocenters. The number of carbonyl (C=O) groups excluding carboxylic acids is 1. The summed E-state index contributed by atoms with van der Waals surface area (Å²) in [6.45, 7) is 0.349. The van der Waals surface area contributed by atoms with Crippen LogP contribution in [0.1, 0.15) is 24.1 Å². The summed E-state index contributed by atoms with van der Waals surface area (Å²) < 4.78 is 6.58. The number of aromatic nitrogens is 1. The van der Waals surface area contributed by atoms with E-state index in [2.05, 4.69) is 20.9 Å². The Morgan fingerprint density at radius 2 is 1.93 bits per heavy atom. The Morgan fingerprint density at radius 1 is 1.11 bits per heavy atom. The van der Waals surface area contributed by atoms with Crippen LogP contribution in [0.4, 0.5) is 0 Å². The average molecular weight is 434 g/mol. The fourth-order valence-electron chi connectivity index (χ4n) is 2.50. The number of pyridine rings is 1. The quantitative estimate of drug-likeness (QED) is 0.413. The molecule has 0 unspecified atom stereocenters. The van der Waals surface area contributed by atoms with E-state index in [1.165, 1.54) is 0 Å². The smallest absolute Gasteiger partial charge is 0.550 e. The van der Waals surface area contributed by atoms with Gasteiger partial charge in [-0.3, -0.25) is 0 Å².